The average molecular weight is 268 g/mol. The van der Waals surface area contributed by atoms with E-state index < -0.39 is 0 Å². The fraction of sp³-hybridized carbons (Fsp3) is 0.188. The number of fused-ring (bicyclic) bond motifs is 1. The second-order valence-corrected chi connectivity index (χ2v) is 5.63. The number of imidazole rings is 1. The van der Waals surface area contributed by atoms with E-state index in [4.69, 9.17) is 0 Å². The maximum absolute atomic E-state index is 4.43. The summed E-state index contributed by atoms with van der Waals surface area (Å²) < 4.78 is 2.17. The quantitative estimate of drug-likeness (QED) is 0.705. The zero-order valence-corrected chi connectivity index (χ0v) is 11.9. The van der Waals surface area contributed by atoms with Crippen LogP contribution in [0.5, 0.6) is 0 Å². The van der Waals surface area contributed by atoms with Gasteiger partial charge in [0, 0.05) is 18.4 Å². The number of aromatic nitrogens is 2. The summed E-state index contributed by atoms with van der Waals surface area (Å²) in [4.78, 5) is 5.69. The van der Waals surface area contributed by atoms with Crippen LogP contribution < -0.4 is 0 Å². The Morgan fingerprint density at radius 2 is 1.89 bits per heavy atom. The second kappa shape index (κ2) is 5.10. The summed E-state index contributed by atoms with van der Waals surface area (Å²) in [6, 6.07) is 15.0. The van der Waals surface area contributed by atoms with Crippen molar-refractivity contribution < 1.29 is 0 Å². The van der Waals surface area contributed by atoms with Gasteiger partial charge in [-0.3, -0.25) is 0 Å². The molecular weight excluding hydrogens is 252 g/mol. The highest BCUT2D eigenvalue weighted by Gasteiger charge is 2.06. The van der Waals surface area contributed by atoms with Crippen molar-refractivity contribution in [1.82, 2.24) is 9.55 Å². The van der Waals surface area contributed by atoms with Gasteiger partial charge in [-0.2, -0.15) is 0 Å². The lowest BCUT2D eigenvalue weighted by Gasteiger charge is -2.05. The molecule has 0 radical (unpaired) electrons. The van der Waals surface area contributed by atoms with Crippen molar-refractivity contribution in [2.45, 2.75) is 23.3 Å². The van der Waals surface area contributed by atoms with Crippen LogP contribution in [-0.4, -0.2) is 9.55 Å². The Labute approximate surface area is 117 Å². The molecule has 3 heteroatoms. The Balaban J connectivity index is 1.94. The maximum atomic E-state index is 4.43. The van der Waals surface area contributed by atoms with E-state index in [9.17, 15) is 0 Å². The van der Waals surface area contributed by atoms with Crippen LogP contribution in [0.4, 0.5) is 0 Å². The predicted molar refractivity (Wildman–Crippen MR) is 80.7 cm³/mol. The largest absolute Gasteiger partial charge is 0.326 e. The average Bonchev–Trinajstić information content (AvgIpc) is 2.79. The van der Waals surface area contributed by atoms with Gasteiger partial charge in [0.25, 0.3) is 0 Å². The Morgan fingerprint density at radius 1 is 1.11 bits per heavy atom. The monoisotopic (exact) mass is 268 g/mol. The van der Waals surface area contributed by atoms with Crippen LogP contribution in [0, 0.1) is 0 Å². The van der Waals surface area contributed by atoms with Crippen molar-refractivity contribution in [3.8, 4) is 0 Å². The van der Waals surface area contributed by atoms with E-state index in [-0.39, 0.29) is 0 Å². The minimum atomic E-state index is 0.967. The van der Waals surface area contributed by atoms with Gasteiger partial charge in [-0.1, -0.05) is 49.0 Å². The van der Waals surface area contributed by atoms with Crippen LogP contribution in [0.25, 0.3) is 10.8 Å². The number of hydrogen-bond donors (Lipinski definition) is 0. The van der Waals surface area contributed by atoms with E-state index in [0.717, 1.165) is 12.2 Å². The van der Waals surface area contributed by atoms with E-state index >= 15 is 0 Å². The molecule has 0 saturated carbocycles. The number of benzene rings is 2. The third-order valence-corrected chi connectivity index (χ3v) is 4.38. The molecule has 19 heavy (non-hydrogen) atoms. The van der Waals surface area contributed by atoms with Gasteiger partial charge < -0.3 is 4.57 Å². The Kier molecular flexibility index (Phi) is 3.30. The van der Waals surface area contributed by atoms with Crippen LogP contribution in [0.3, 0.4) is 0 Å². The molecule has 0 spiro atoms. The highest BCUT2D eigenvalue weighted by atomic mass is 32.2. The molecule has 3 aromatic rings. The normalized spacial score (nSPS) is 11.1. The molecule has 0 aliphatic rings. The van der Waals surface area contributed by atoms with Crippen molar-refractivity contribution in [2.24, 2.45) is 7.05 Å². The summed E-state index contributed by atoms with van der Waals surface area (Å²) in [5.74, 6) is 1.13. The SMILES string of the molecule is CCc1ncc(Sc2ccc3ccccc3c2)n1C. The molecule has 1 aromatic heterocycles. The zero-order valence-electron chi connectivity index (χ0n) is 11.1. The van der Waals surface area contributed by atoms with Gasteiger partial charge in [-0.25, -0.2) is 4.98 Å². The third-order valence-electron chi connectivity index (χ3n) is 3.30. The van der Waals surface area contributed by atoms with Crippen LogP contribution in [0.1, 0.15) is 12.7 Å². The summed E-state index contributed by atoms with van der Waals surface area (Å²) >= 11 is 1.77. The number of rotatable bonds is 3. The van der Waals surface area contributed by atoms with E-state index in [2.05, 4.69) is 66.0 Å². The second-order valence-electron chi connectivity index (χ2n) is 4.54. The van der Waals surface area contributed by atoms with Crippen LogP contribution in [0.15, 0.2) is 58.6 Å². The highest BCUT2D eigenvalue weighted by molar-refractivity contribution is 7.99. The first-order valence-corrected chi connectivity index (χ1v) is 7.27. The molecule has 0 aliphatic heterocycles. The molecule has 2 aromatic carbocycles. The highest BCUT2D eigenvalue weighted by Crippen LogP contribution is 2.30. The molecule has 3 rings (SSSR count). The summed E-state index contributed by atoms with van der Waals surface area (Å²) in [6.45, 7) is 2.13. The fourth-order valence-corrected chi connectivity index (χ4v) is 3.12. The molecule has 0 N–H and O–H groups in total. The molecule has 0 bridgehead atoms. The first kappa shape index (κ1) is 12.3. The summed E-state index contributed by atoms with van der Waals surface area (Å²) in [6.07, 6.45) is 2.92. The van der Waals surface area contributed by atoms with Gasteiger partial charge >= 0.3 is 0 Å². The van der Waals surface area contributed by atoms with Gasteiger partial charge in [0.05, 0.1) is 11.2 Å². The fourth-order valence-electron chi connectivity index (χ4n) is 2.21. The van der Waals surface area contributed by atoms with Crippen molar-refractivity contribution in [1.29, 1.82) is 0 Å². The van der Waals surface area contributed by atoms with E-state index in [1.54, 1.807) is 11.8 Å². The smallest absolute Gasteiger partial charge is 0.108 e. The summed E-state index contributed by atoms with van der Waals surface area (Å²) in [7, 11) is 2.08. The lowest BCUT2D eigenvalue weighted by Crippen LogP contribution is -1.96. The van der Waals surface area contributed by atoms with Crippen molar-refractivity contribution >= 4 is 22.5 Å². The zero-order chi connectivity index (χ0) is 13.2. The van der Waals surface area contributed by atoms with E-state index in [1.165, 1.54) is 20.7 Å². The molecule has 1 heterocycles. The number of aryl methyl sites for hydroxylation is 1. The molecule has 96 valence electrons. The van der Waals surface area contributed by atoms with Gasteiger partial charge in [0.1, 0.15) is 5.82 Å². The first-order chi connectivity index (χ1) is 9.28. The van der Waals surface area contributed by atoms with Gasteiger partial charge in [-0.05, 0) is 22.9 Å². The lowest BCUT2D eigenvalue weighted by atomic mass is 10.1. The van der Waals surface area contributed by atoms with E-state index in [0.29, 0.717) is 0 Å². The van der Waals surface area contributed by atoms with Gasteiger partial charge in [-0.15, -0.1) is 0 Å². The minimum absolute atomic E-state index is 0.967. The van der Waals surface area contributed by atoms with Gasteiger partial charge in [0.2, 0.25) is 0 Å². The molecule has 0 saturated heterocycles. The van der Waals surface area contributed by atoms with Crippen molar-refractivity contribution in [3.63, 3.8) is 0 Å². The number of hydrogen-bond acceptors (Lipinski definition) is 2. The molecule has 0 fully saturated rings. The van der Waals surface area contributed by atoms with Crippen LogP contribution in [0.2, 0.25) is 0 Å². The Morgan fingerprint density at radius 3 is 2.63 bits per heavy atom. The third kappa shape index (κ3) is 2.38. The lowest BCUT2D eigenvalue weighted by molar-refractivity contribution is 0.751. The summed E-state index contributed by atoms with van der Waals surface area (Å²) in [5.41, 5.74) is 0. The molecule has 0 unspecified atom stereocenters. The molecule has 2 nitrogen and oxygen atoms in total. The van der Waals surface area contributed by atoms with Crippen LogP contribution >= 0.6 is 11.8 Å². The van der Waals surface area contributed by atoms with Crippen molar-refractivity contribution in [3.05, 3.63) is 54.5 Å². The predicted octanol–water partition coefficient (Wildman–Crippen LogP) is 4.29. The van der Waals surface area contributed by atoms with Gasteiger partial charge in [0.15, 0.2) is 0 Å². The van der Waals surface area contributed by atoms with Crippen LogP contribution in [-0.2, 0) is 13.5 Å². The molecular formula is C16H16N2S. The minimum Gasteiger partial charge on any atom is -0.326 e. The van der Waals surface area contributed by atoms with Crippen molar-refractivity contribution in [2.75, 3.05) is 0 Å². The topological polar surface area (TPSA) is 17.8 Å². The molecule has 0 aliphatic carbocycles. The Hall–Kier alpha value is -1.74. The Bertz CT molecular complexity index is 716. The molecule has 0 atom stereocenters. The maximum Gasteiger partial charge on any atom is 0.108 e. The first-order valence-electron chi connectivity index (χ1n) is 6.45. The standard InChI is InChI=1S/C16H16N2S/c1-3-15-17-11-16(18(15)2)19-14-9-8-12-6-4-5-7-13(12)10-14/h4-11H,3H2,1-2H3. The number of nitrogens with zero attached hydrogens (tertiary/aromatic N) is 2. The summed E-state index contributed by atoms with van der Waals surface area (Å²) in [5, 5.41) is 3.75. The molecule has 0 amide bonds. The van der Waals surface area contributed by atoms with E-state index in [1.807, 2.05) is 6.20 Å².